The summed E-state index contributed by atoms with van der Waals surface area (Å²) >= 11 is 5.97. The Balaban J connectivity index is 0.996. The molecule has 48 heavy (non-hydrogen) atoms. The number of hydrogen-bond donors (Lipinski definition) is 1. The maximum Gasteiger partial charge on any atom is 0.451 e. The SMILES string of the molecule is Fc1cc(Cl)ccc1C1COc2cccc(C3CCN(Cc4nc5cc(-c6nnc(C(F)(F)F)[nH]6)ccc5n4CC4CCO4)CC3)c2O1. The predicted octanol–water partition coefficient (Wildman–Crippen LogP) is 7.31. The van der Waals surface area contributed by atoms with E-state index >= 15 is 0 Å². The summed E-state index contributed by atoms with van der Waals surface area (Å²) in [5.74, 6) is 0.880. The van der Waals surface area contributed by atoms with Crippen molar-refractivity contribution in [2.24, 2.45) is 0 Å². The van der Waals surface area contributed by atoms with Crippen LogP contribution in [-0.2, 0) is 24.0 Å². The van der Waals surface area contributed by atoms with Gasteiger partial charge in [0.25, 0.3) is 0 Å². The van der Waals surface area contributed by atoms with Crippen LogP contribution in [0.4, 0.5) is 17.6 Å². The van der Waals surface area contributed by atoms with Gasteiger partial charge in [-0.05, 0) is 74.7 Å². The first-order valence-electron chi connectivity index (χ1n) is 15.9. The summed E-state index contributed by atoms with van der Waals surface area (Å²) in [6, 6.07) is 15.8. The van der Waals surface area contributed by atoms with Gasteiger partial charge in [-0.2, -0.15) is 13.2 Å². The summed E-state index contributed by atoms with van der Waals surface area (Å²) in [5.41, 5.74) is 3.48. The van der Waals surface area contributed by atoms with E-state index in [1.807, 2.05) is 18.2 Å². The largest absolute Gasteiger partial charge is 0.485 e. The Hall–Kier alpha value is -4.20. The van der Waals surface area contributed by atoms with Crippen LogP contribution in [-0.4, -0.2) is 62.0 Å². The lowest BCUT2D eigenvalue weighted by Crippen LogP contribution is -2.35. The molecule has 0 radical (unpaired) electrons. The van der Waals surface area contributed by atoms with Crippen LogP contribution < -0.4 is 9.47 Å². The predicted molar refractivity (Wildman–Crippen MR) is 168 cm³/mol. The molecule has 0 aliphatic carbocycles. The second kappa shape index (κ2) is 12.4. The number of nitrogens with one attached hydrogen (secondary N) is 1. The van der Waals surface area contributed by atoms with Gasteiger partial charge in [-0.3, -0.25) is 4.90 Å². The minimum Gasteiger partial charge on any atom is -0.485 e. The first kappa shape index (κ1) is 31.1. The first-order chi connectivity index (χ1) is 23.2. The highest BCUT2D eigenvalue weighted by Crippen LogP contribution is 2.45. The second-order valence-corrected chi connectivity index (χ2v) is 12.9. The van der Waals surface area contributed by atoms with Crippen LogP contribution in [0, 0.1) is 5.82 Å². The Kier molecular flexibility index (Phi) is 8.00. The molecule has 3 aliphatic rings. The van der Waals surface area contributed by atoms with Crippen LogP contribution in [0.25, 0.3) is 22.4 Å². The number of alkyl halides is 3. The number of rotatable bonds is 7. The van der Waals surface area contributed by atoms with Crippen molar-refractivity contribution in [2.75, 3.05) is 26.3 Å². The summed E-state index contributed by atoms with van der Waals surface area (Å²) in [6.07, 6.45) is -2.39. The molecule has 0 saturated carbocycles. The lowest BCUT2D eigenvalue weighted by atomic mass is 9.88. The van der Waals surface area contributed by atoms with Gasteiger partial charge in [-0.1, -0.05) is 29.8 Å². The number of ether oxygens (including phenoxy) is 3. The molecule has 14 heteroatoms. The average molecular weight is 683 g/mol. The fourth-order valence-electron chi connectivity index (χ4n) is 6.76. The number of benzene rings is 3. The zero-order valence-electron chi connectivity index (χ0n) is 25.6. The Labute approximate surface area is 277 Å². The molecule has 2 saturated heterocycles. The minimum absolute atomic E-state index is 0.0341. The molecule has 5 aromatic rings. The van der Waals surface area contributed by atoms with Crippen LogP contribution >= 0.6 is 11.6 Å². The van der Waals surface area contributed by atoms with Crippen molar-refractivity contribution in [2.45, 2.75) is 56.7 Å². The smallest absolute Gasteiger partial charge is 0.451 e. The fraction of sp³-hybridized carbons (Fsp3) is 0.382. The van der Waals surface area contributed by atoms with Crippen molar-refractivity contribution in [1.82, 2.24) is 29.6 Å². The monoisotopic (exact) mass is 682 g/mol. The molecule has 8 rings (SSSR count). The normalized spacial score (nSPS) is 20.3. The molecule has 2 aromatic heterocycles. The molecule has 2 unspecified atom stereocenters. The zero-order chi connectivity index (χ0) is 33.0. The number of likely N-dealkylation sites (tertiary alicyclic amines) is 1. The molecule has 0 spiro atoms. The van der Waals surface area contributed by atoms with E-state index in [2.05, 4.69) is 30.7 Å². The quantitative estimate of drug-likeness (QED) is 0.180. The number of imidazole rings is 1. The molecule has 3 aliphatic heterocycles. The molecule has 0 bridgehead atoms. The number of H-pyrrole nitrogens is 1. The number of aromatic nitrogens is 5. The van der Waals surface area contributed by atoms with Gasteiger partial charge >= 0.3 is 6.18 Å². The van der Waals surface area contributed by atoms with Crippen LogP contribution in [0.2, 0.25) is 5.02 Å². The number of aromatic amines is 1. The van der Waals surface area contributed by atoms with Crippen molar-refractivity contribution in [3.05, 3.63) is 88.2 Å². The number of hydrogen-bond acceptors (Lipinski definition) is 7. The highest BCUT2D eigenvalue weighted by atomic mass is 35.5. The topological polar surface area (TPSA) is 90.3 Å². The van der Waals surface area contributed by atoms with E-state index in [-0.39, 0.29) is 24.5 Å². The van der Waals surface area contributed by atoms with E-state index in [1.165, 1.54) is 6.07 Å². The number of piperidine rings is 1. The third-order valence-corrected chi connectivity index (χ3v) is 9.63. The van der Waals surface area contributed by atoms with E-state index in [4.69, 9.17) is 30.8 Å². The van der Waals surface area contributed by atoms with Gasteiger partial charge in [-0.15, -0.1) is 10.2 Å². The molecule has 0 amide bonds. The van der Waals surface area contributed by atoms with Gasteiger partial charge in [-0.25, -0.2) is 9.37 Å². The molecular formula is C34H31ClF4N6O3. The van der Waals surface area contributed by atoms with Gasteiger partial charge in [0, 0.05) is 28.3 Å². The standard InChI is InChI=1S/C34H31ClF4N6O3/c35-21-5-6-24(25(36)15-21)29-18-47-28-3-1-2-23(31(28)48-29)19-8-11-44(12-9-19)17-30-40-26-14-20(32-41-33(43-42-32)34(37,38)39)4-7-27(26)45(30)16-22-10-13-46-22/h1-7,14-15,19,22,29H,8-13,16-18H2,(H,41,42,43). The number of nitrogens with zero attached hydrogens (tertiary/aromatic N) is 5. The lowest BCUT2D eigenvalue weighted by Gasteiger charge is -2.35. The van der Waals surface area contributed by atoms with Crippen LogP contribution in [0.1, 0.15) is 54.1 Å². The molecule has 2 fully saturated rings. The van der Waals surface area contributed by atoms with Gasteiger partial charge in [0.1, 0.15) is 18.2 Å². The van der Waals surface area contributed by atoms with Gasteiger partial charge in [0.15, 0.2) is 23.4 Å². The highest BCUT2D eigenvalue weighted by molar-refractivity contribution is 6.30. The number of halogens is 5. The summed E-state index contributed by atoms with van der Waals surface area (Å²) in [4.78, 5) is 9.59. The Bertz CT molecular complexity index is 1970. The van der Waals surface area contributed by atoms with Crippen molar-refractivity contribution in [3.8, 4) is 22.9 Å². The lowest BCUT2D eigenvalue weighted by molar-refractivity contribution is -0.144. The fourth-order valence-corrected chi connectivity index (χ4v) is 6.92. The summed E-state index contributed by atoms with van der Waals surface area (Å²) in [7, 11) is 0. The summed E-state index contributed by atoms with van der Waals surface area (Å²) in [5, 5.41) is 7.30. The highest BCUT2D eigenvalue weighted by Gasteiger charge is 2.36. The van der Waals surface area contributed by atoms with Crippen molar-refractivity contribution in [1.29, 1.82) is 0 Å². The maximum absolute atomic E-state index is 14.7. The molecule has 250 valence electrons. The van der Waals surface area contributed by atoms with E-state index in [1.54, 1.807) is 24.3 Å². The summed E-state index contributed by atoms with van der Waals surface area (Å²) < 4.78 is 74.4. The van der Waals surface area contributed by atoms with E-state index in [0.717, 1.165) is 55.9 Å². The minimum atomic E-state index is -4.61. The summed E-state index contributed by atoms with van der Waals surface area (Å²) in [6.45, 7) is 3.81. The van der Waals surface area contributed by atoms with E-state index < -0.39 is 23.9 Å². The Morgan fingerprint density at radius 1 is 0.979 bits per heavy atom. The Morgan fingerprint density at radius 2 is 1.81 bits per heavy atom. The van der Waals surface area contributed by atoms with E-state index in [9.17, 15) is 17.6 Å². The molecule has 2 atom stereocenters. The maximum atomic E-state index is 14.7. The molecule has 1 N–H and O–H groups in total. The molecular weight excluding hydrogens is 652 g/mol. The number of para-hydroxylation sites is 1. The van der Waals surface area contributed by atoms with Crippen LogP contribution in [0.3, 0.4) is 0 Å². The number of fused-ring (bicyclic) bond motifs is 2. The first-order valence-corrected chi connectivity index (χ1v) is 16.3. The third kappa shape index (κ3) is 5.99. The van der Waals surface area contributed by atoms with Crippen molar-refractivity contribution < 1.29 is 31.8 Å². The second-order valence-electron chi connectivity index (χ2n) is 12.5. The molecule has 9 nitrogen and oxygen atoms in total. The van der Waals surface area contributed by atoms with Crippen molar-refractivity contribution in [3.63, 3.8) is 0 Å². The molecule has 5 heterocycles. The van der Waals surface area contributed by atoms with E-state index in [0.29, 0.717) is 46.3 Å². The van der Waals surface area contributed by atoms with Crippen LogP contribution in [0.5, 0.6) is 11.5 Å². The Morgan fingerprint density at radius 3 is 2.54 bits per heavy atom. The molecule has 3 aromatic carbocycles. The van der Waals surface area contributed by atoms with Gasteiger partial charge in [0.05, 0.1) is 30.2 Å². The zero-order valence-corrected chi connectivity index (χ0v) is 26.4. The van der Waals surface area contributed by atoms with Crippen molar-refractivity contribution >= 4 is 22.6 Å². The average Bonchev–Trinajstić information content (AvgIpc) is 3.68. The third-order valence-electron chi connectivity index (χ3n) is 9.40. The van der Waals surface area contributed by atoms with Crippen LogP contribution in [0.15, 0.2) is 54.6 Å². The van der Waals surface area contributed by atoms with Gasteiger partial charge in [0.2, 0.25) is 5.82 Å². The van der Waals surface area contributed by atoms with Gasteiger partial charge < -0.3 is 23.8 Å².